The predicted octanol–water partition coefficient (Wildman–Crippen LogP) is 3.59. The van der Waals surface area contributed by atoms with E-state index in [-0.39, 0.29) is 12.7 Å². The molecule has 1 fully saturated rings. The predicted molar refractivity (Wildman–Crippen MR) is 108 cm³/mol. The molecule has 0 radical (unpaired) electrons. The molecule has 5 nitrogen and oxygen atoms in total. The Hall–Kier alpha value is -2.79. The van der Waals surface area contributed by atoms with Crippen molar-refractivity contribution in [2.24, 2.45) is 0 Å². The highest BCUT2D eigenvalue weighted by atomic mass is 16.5. The Kier molecular flexibility index (Phi) is 6.88. The van der Waals surface area contributed by atoms with Crippen LogP contribution in [0.15, 0.2) is 60.7 Å². The lowest BCUT2D eigenvalue weighted by Crippen LogP contribution is -2.35. The Morgan fingerprint density at radius 1 is 1.11 bits per heavy atom. The molecule has 0 aromatic heterocycles. The Balaban J connectivity index is 1.38. The molecule has 27 heavy (non-hydrogen) atoms. The zero-order valence-corrected chi connectivity index (χ0v) is 15.4. The lowest BCUT2D eigenvalue weighted by Gasteiger charge is -2.31. The number of aliphatic hydroxyl groups is 1. The average molecular weight is 366 g/mol. The highest BCUT2D eigenvalue weighted by Crippen LogP contribution is 2.20. The molecule has 142 valence electrons. The summed E-state index contributed by atoms with van der Waals surface area (Å²) in [5.74, 6) is 0. The van der Waals surface area contributed by atoms with Crippen molar-refractivity contribution in [3.05, 3.63) is 71.8 Å². The lowest BCUT2D eigenvalue weighted by atomic mass is 10.1. The highest BCUT2D eigenvalue weighted by Gasteiger charge is 2.16. The zero-order chi connectivity index (χ0) is 18.9. The van der Waals surface area contributed by atoms with Crippen LogP contribution in [0, 0.1) is 0 Å². The quantitative estimate of drug-likeness (QED) is 0.820. The van der Waals surface area contributed by atoms with Gasteiger partial charge in [0.15, 0.2) is 0 Å². The molecule has 1 saturated heterocycles. The number of aliphatic hydroxyl groups excluding tert-OH is 1. The molecule has 0 bridgehead atoms. The molecular formula is C22H26N2O3. The SMILES string of the molecule is O=C(NCC=Cc1ccc(N2CCC(O)CC2)cc1)OCc1ccccc1. The van der Waals surface area contributed by atoms with Gasteiger partial charge in [0, 0.05) is 25.3 Å². The van der Waals surface area contributed by atoms with Gasteiger partial charge in [-0.05, 0) is 36.1 Å². The molecule has 2 N–H and O–H groups in total. The van der Waals surface area contributed by atoms with E-state index in [0.29, 0.717) is 6.54 Å². The molecule has 2 aromatic carbocycles. The number of alkyl carbamates (subject to hydrolysis) is 1. The first-order valence-electron chi connectivity index (χ1n) is 9.35. The van der Waals surface area contributed by atoms with Crippen LogP contribution in [0.3, 0.4) is 0 Å². The first kappa shape index (κ1) is 19.0. The van der Waals surface area contributed by atoms with Crippen LogP contribution in [0.2, 0.25) is 0 Å². The monoisotopic (exact) mass is 366 g/mol. The maximum Gasteiger partial charge on any atom is 0.407 e. The van der Waals surface area contributed by atoms with Crippen molar-refractivity contribution in [1.82, 2.24) is 5.32 Å². The molecule has 3 rings (SSSR count). The normalized spacial score (nSPS) is 15.1. The first-order valence-corrected chi connectivity index (χ1v) is 9.35. The van der Waals surface area contributed by atoms with E-state index in [4.69, 9.17) is 4.74 Å². The van der Waals surface area contributed by atoms with E-state index in [1.165, 1.54) is 5.69 Å². The number of carbonyl (C=O) groups is 1. The van der Waals surface area contributed by atoms with Crippen molar-refractivity contribution >= 4 is 17.9 Å². The number of amides is 1. The summed E-state index contributed by atoms with van der Waals surface area (Å²) in [5.41, 5.74) is 3.23. The smallest absolute Gasteiger partial charge is 0.407 e. The summed E-state index contributed by atoms with van der Waals surface area (Å²) in [4.78, 5) is 14.0. The maximum atomic E-state index is 11.7. The van der Waals surface area contributed by atoms with Gasteiger partial charge < -0.3 is 20.1 Å². The molecule has 0 spiro atoms. The number of hydrogen-bond acceptors (Lipinski definition) is 4. The molecule has 0 atom stereocenters. The topological polar surface area (TPSA) is 61.8 Å². The molecule has 0 saturated carbocycles. The number of benzene rings is 2. The van der Waals surface area contributed by atoms with Crippen LogP contribution >= 0.6 is 0 Å². The van der Waals surface area contributed by atoms with Crippen molar-refractivity contribution in [2.45, 2.75) is 25.6 Å². The van der Waals surface area contributed by atoms with Gasteiger partial charge in [0.05, 0.1) is 6.10 Å². The van der Waals surface area contributed by atoms with Gasteiger partial charge >= 0.3 is 6.09 Å². The van der Waals surface area contributed by atoms with E-state index in [1.54, 1.807) is 0 Å². The van der Waals surface area contributed by atoms with E-state index < -0.39 is 6.09 Å². The van der Waals surface area contributed by atoms with Crippen LogP contribution in [0.1, 0.15) is 24.0 Å². The molecule has 0 aliphatic carbocycles. The second kappa shape index (κ2) is 9.78. The van der Waals surface area contributed by atoms with Crippen molar-refractivity contribution in [3.63, 3.8) is 0 Å². The fourth-order valence-corrected chi connectivity index (χ4v) is 3.03. The third-order valence-corrected chi connectivity index (χ3v) is 4.61. The Bertz CT molecular complexity index is 736. The van der Waals surface area contributed by atoms with Gasteiger partial charge in [-0.2, -0.15) is 0 Å². The third kappa shape index (κ3) is 6.15. The van der Waals surface area contributed by atoms with E-state index in [0.717, 1.165) is 37.1 Å². The van der Waals surface area contributed by atoms with Crippen LogP contribution in [-0.2, 0) is 11.3 Å². The lowest BCUT2D eigenvalue weighted by molar-refractivity contribution is 0.140. The highest BCUT2D eigenvalue weighted by molar-refractivity contribution is 5.67. The fourth-order valence-electron chi connectivity index (χ4n) is 3.03. The van der Waals surface area contributed by atoms with Crippen LogP contribution < -0.4 is 10.2 Å². The number of piperidine rings is 1. The Labute approximate surface area is 160 Å². The summed E-state index contributed by atoms with van der Waals surface area (Å²) in [6.45, 7) is 2.47. The maximum absolute atomic E-state index is 11.7. The number of nitrogens with one attached hydrogen (secondary N) is 1. The van der Waals surface area contributed by atoms with Crippen LogP contribution in [0.25, 0.3) is 6.08 Å². The van der Waals surface area contributed by atoms with Crippen LogP contribution in [0.5, 0.6) is 0 Å². The first-order chi connectivity index (χ1) is 13.2. The van der Waals surface area contributed by atoms with Crippen molar-refractivity contribution < 1.29 is 14.6 Å². The zero-order valence-electron chi connectivity index (χ0n) is 15.4. The molecule has 0 unspecified atom stereocenters. The summed E-state index contributed by atoms with van der Waals surface area (Å²) >= 11 is 0. The summed E-state index contributed by atoms with van der Waals surface area (Å²) < 4.78 is 5.16. The Morgan fingerprint density at radius 3 is 2.52 bits per heavy atom. The Morgan fingerprint density at radius 2 is 1.81 bits per heavy atom. The van der Waals surface area contributed by atoms with Gasteiger partial charge in [0.2, 0.25) is 0 Å². The molecular weight excluding hydrogens is 340 g/mol. The number of ether oxygens (including phenoxy) is 1. The second-order valence-electron chi connectivity index (χ2n) is 6.65. The molecule has 1 aliphatic heterocycles. The second-order valence-corrected chi connectivity index (χ2v) is 6.65. The minimum absolute atomic E-state index is 0.157. The fraction of sp³-hybridized carbons (Fsp3) is 0.318. The van der Waals surface area contributed by atoms with Crippen molar-refractivity contribution in [2.75, 3.05) is 24.5 Å². The van der Waals surface area contributed by atoms with Crippen molar-refractivity contribution in [3.8, 4) is 0 Å². The largest absolute Gasteiger partial charge is 0.445 e. The standard InChI is InChI=1S/C22H26N2O3/c25-21-12-15-24(16-13-21)20-10-8-18(9-11-20)7-4-14-23-22(26)27-17-19-5-2-1-3-6-19/h1-11,21,25H,12-17H2,(H,23,26). The number of hydrogen-bond donors (Lipinski definition) is 2. The minimum Gasteiger partial charge on any atom is -0.445 e. The number of carbonyl (C=O) groups excluding carboxylic acids is 1. The minimum atomic E-state index is -0.425. The summed E-state index contributed by atoms with van der Waals surface area (Å²) in [5, 5.41) is 12.3. The molecule has 1 aliphatic rings. The van der Waals surface area contributed by atoms with E-state index >= 15 is 0 Å². The van der Waals surface area contributed by atoms with Gasteiger partial charge in [-0.15, -0.1) is 0 Å². The van der Waals surface area contributed by atoms with Gasteiger partial charge in [-0.1, -0.05) is 54.6 Å². The number of rotatable bonds is 6. The summed E-state index contributed by atoms with van der Waals surface area (Å²) in [6, 6.07) is 17.9. The molecule has 5 heteroatoms. The average Bonchev–Trinajstić information content (AvgIpc) is 2.71. The van der Waals surface area contributed by atoms with E-state index in [1.807, 2.05) is 42.5 Å². The summed E-state index contributed by atoms with van der Waals surface area (Å²) in [7, 11) is 0. The van der Waals surface area contributed by atoms with Gasteiger partial charge in [-0.25, -0.2) is 4.79 Å². The van der Waals surface area contributed by atoms with E-state index in [2.05, 4.69) is 34.5 Å². The van der Waals surface area contributed by atoms with Gasteiger partial charge in [-0.3, -0.25) is 0 Å². The third-order valence-electron chi connectivity index (χ3n) is 4.61. The molecule has 2 aromatic rings. The van der Waals surface area contributed by atoms with E-state index in [9.17, 15) is 9.90 Å². The summed E-state index contributed by atoms with van der Waals surface area (Å²) in [6.07, 6.45) is 4.94. The van der Waals surface area contributed by atoms with Crippen LogP contribution in [-0.4, -0.2) is 36.9 Å². The van der Waals surface area contributed by atoms with Crippen molar-refractivity contribution in [1.29, 1.82) is 0 Å². The molecule has 1 heterocycles. The number of anilines is 1. The van der Waals surface area contributed by atoms with Gasteiger partial charge in [0.25, 0.3) is 0 Å². The van der Waals surface area contributed by atoms with Gasteiger partial charge in [0.1, 0.15) is 6.61 Å². The number of nitrogens with zero attached hydrogens (tertiary/aromatic N) is 1. The van der Waals surface area contributed by atoms with Crippen LogP contribution in [0.4, 0.5) is 10.5 Å². The molecule has 1 amide bonds.